The van der Waals surface area contributed by atoms with Gasteiger partial charge < -0.3 is 10.2 Å². The zero-order valence-electron chi connectivity index (χ0n) is 12.8. The molecule has 0 radical (unpaired) electrons. The van der Waals surface area contributed by atoms with Crippen LogP contribution < -0.4 is 5.32 Å². The van der Waals surface area contributed by atoms with E-state index in [2.05, 4.69) is 24.0 Å². The minimum atomic E-state index is 0. The van der Waals surface area contributed by atoms with E-state index in [0.717, 1.165) is 37.1 Å². The predicted molar refractivity (Wildman–Crippen MR) is 89.8 cm³/mol. The Hall–Kier alpha value is 0.0700. The number of carbonyl (C=O) groups is 1. The zero-order chi connectivity index (χ0) is 13.7. The number of hydrogen-bond donors (Lipinski definition) is 1. The Morgan fingerprint density at radius 2 is 2.15 bits per heavy atom. The van der Waals surface area contributed by atoms with Crippen LogP contribution in [0, 0.1) is 5.92 Å². The maximum atomic E-state index is 12.3. The smallest absolute Gasteiger partial charge is 0.222 e. The van der Waals surface area contributed by atoms with E-state index in [1.54, 1.807) is 0 Å². The highest BCUT2D eigenvalue weighted by Crippen LogP contribution is 2.32. The molecule has 1 saturated heterocycles. The summed E-state index contributed by atoms with van der Waals surface area (Å²) in [6, 6.07) is 0.498. The molecular formula is C15H29ClN2OS. The Morgan fingerprint density at radius 3 is 2.80 bits per heavy atom. The molecular weight excluding hydrogens is 292 g/mol. The van der Waals surface area contributed by atoms with Crippen LogP contribution in [0.5, 0.6) is 0 Å². The maximum Gasteiger partial charge on any atom is 0.222 e. The van der Waals surface area contributed by atoms with Gasteiger partial charge in [-0.05, 0) is 56.9 Å². The zero-order valence-corrected chi connectivity index (χ0v) is 14.4. The third-order valence-electron chi connectivity index (χ3n) is 4.63. The van der Waals surface area contributed by atoms with Gasteiger partial charge in [-0.15, -0.1) is 12.4 Å². The molecule has 118 valence electrons. The van der Waals surface area contributed by atoms with Gasteiger partial charge in [0, 0.05) is 24.8 Å². The number of amides is 1. The van der Waals surface area contributed by atoms with Gasteiger partial charge in [-0.25, -0.2) is 0 Å². The molecule has 1 aliphatic carbocycles. The van der Waals surface area contributed by atoms with Crippen molar-refractivity contribution in [3.8, 4) is 0 Å². The van der Waals surface area contributed by atoms with Gasteiger partial charge in [0.25, 0.3) is 0 Å². The Bertz CT molecular complexity index is 298. The van der Waals surface area contributed by atoms with Crippen LogP contribution in [0.25, 0.3) is 0 Å². The summed E-state index contributed by atoms with van der Waals surface area (Å²) in [5.41, 5.74) is 0. The lowest BCUT2D eigenvalue weighted by atomic mass is 10.0. The maximum absolute atomic E-state index is 12.3. The van der Waals surface area contributed by atoms with Crippen molar-refractivity contribution in [2.24, 2.45) is 5.92 Å². The van der Waals surface area contributed by atoms with Gasteiger partial charge in [-0.3, -0.25) is 4.79 Å². The first-order chi connectivity index (χ1) is 9.20. The van der Waals surface area contributed by atoms with E-state index in [1.807, 2.05) is 11.9 Å². The molecule has 0 spiro atoms. The number of nitrogens with one attached hydrogen (secondary N) is 1. The fraction of sp³-hybridized carbons (Fsp3) is 0.933. The summed E-state index contributed by atoms with van der Waals surface area (Å²) in [4.78, 5) is 14.3. The van der Waals surface area contributed by atoms with E-state index >= 15 is 0 Å². The molecule has 2 rings (SSSR count). The van der Waals surface area contributed by atoms with Gasteiger partial charge in [0.2, 0.25) is 5.91 Å². The van der Waals surface area contributed by atoms with Gasteiger partial charge in [-0.1, -0.05) is 6.92 Å². The number of halogens is 1. The van der Waals surface area contributed by atoms with Crippen LogP contribution in [0.1, 0.15) is 45.4 Å². The van der Waals surface area contributed by atoms with Crippen LogP contribution >= 0.6 is 24.2 Å². The topological polar surface area (TPSA) is 32.3 Å². The Balaban J connectivity index is 0.00000200. The van der Waals surface area contributed by atoms with Crippen molar-refractivity contribution < 1.29 is 4.79 Å². The third kappa shape index (κ3) is 5.12. The molecule has 20 heavy (non-hydrogen) atoms. The van der Waals surface area contributed by atoms with Crippen LogP contribution in [-0.4, -0.2) is 48.0 Å². The normalized spacial score (nSPS) is 29.2. The molecule has 1 amide bonds. The minimum Gasteiger partial charge on any atom is -0.343 e. The second-order valence-electron chi connectivity index (χ2n) is 5.95. The fourth-order valence-corrected chi connectivity index (χ4v) is 4.46. The molecule has 3 unspecified atom stereocenters. The SMILES string of the molecule is CCSC1CCC(N(C)C(=O)CCC2CCNC2)C1.Cl. The Labute approximate surface area is 134 Å². The highest BCUT2D eigenvalue weighted by molar-refractivity contribution is 7.99. The monoisotopic (exact) mass is 320 g/mol. The molecule has 0 aromatic carbocycles. The van der Waals surface area contributed by atoms with Crippen molar-refractivity contribution in [3.05, 3.63) is 0 Å². The van der Waals surface area contributed by atoms with Gasteiger partial charge in [0.15, 0.2) is 0 Å². The van der Waals surface area contributed by atoms with Crippen LogP contribution in [0.4, 0.5) is 0 Å². The number of carbonyl (C=O) groups excluding carboxylic acids is 1. The third-order valence-corrected chi connectivity index (χ3v) is 5.86. The number of thioether (sulfide) groups is 1. The minimum absolute atomic E-state index is 0. The summed E-state index contributed by atoms with van der Waals surface area (Å²) in [5.74, 6) is 2.28. The van der Waals surface area contributed by atoms with E-state index in [9.17, 15) is 4.79 Å². The molecule has 0 aromatic rings. The Morgan fingerprint density at radius 1 is 1.35 bits per heavy atom. The van der Waals surface area contributed by atoms with Crippen LogP contribution in [-0.2, 0) is 4.79 Å². The summed E-state index contributed by atoms with van der Waals surface area (Å²) in [5, 5.41) is 4.15. The molecule has 1 N–H and O–H groups in total. The fourth-order valence-electron chi connectivity index (χ4n) is 3.32. The molecule has 0 bridgehead atoms. The molecule has 1 saturated carbocycles. The lowest BCUT2D eigenvalue weighted by molar-refractivity contribution is -0.132. The summed E-state index contributed by atoms with van der Waals surface area (Å²) < 4.78 is 0. The molecule has 2 aliphatic rings. The van der Waals surface area contributed by atoms with E-state index < -0.39 is 0 Å². The standard InChI is InChI=1S/C15H28N2OS.ClH/c1-3-19-14-6-5-13(10-14)17(2)15(18)7-4-12-8-9-16-11-12;/h12-14,16H,3-11H2,1-2H3;1H. The van der Waals surface area contributed by atoms with Crippen LogP contribution in [0.2, 0.25) is 0 Å². The van der Waals surface area contributed by atoms with Crippen molar-refractivity contribution in [2.45, 2.75) is 56.7 Å². The van der Waals surface area contributed by atoms with Gasteiger partial charge >= 0.3 is 0 Å². The molecule has 0 aromatic heterocycles. The number of nitrogens with zero attached hydrogens (tertiary/aromatic N) is 1. The molecule has 3 atom stereocenters. The summed E-state index contributed by atoms with van der Waals surface area (Å²) >= 11 is 2.06. The quantitative estimate of drug-likeness (QED) is 0.816. The molecule has 1 heterocycles. The van der Waals surface area contributed by atoms with Crippen molar-refractivity contribution >= 4 is 30.1 Å². The largest absolute Gasteiger partial charge is 0.343 e. The highest BCUT2D eigenvalue weighted by atomic mass is 35.5. The first kappa shape index (κ1) is 18.1. The summed E-state index contributed by atoms with van der Waals surface area (Å²) in [7, 11) is 2.01. The van der Waals surface area contributed by atoms with Crippen molar-refractivity contribution in [1.29, 1.82) is 0 Å². The second-order valence-corrected chi connectivity index (χ2v) is 7.52. The van der Waals surface area contributed by atoms with E-state index in [-0.39, 0.29) is 12.4 Å². The van der Waals surface area contributed by atoms with Crippen LogP contribution in [0.3, 0.4) is 0 Å². The molecule has 2 fully saturated rings. The lowest BCUT2D eigenvalue weighted by Crippen LogP contribution is -2.35. The first-order valence-electron chi connectivity index (χ1n) is 7.78. The van der Waals surface area contributed by atoms with Crippen molar-refractivity contribution in [1.82, 2.24) is 10.2 Å². The molecule has 1 aliphatic heterocycles. The lowest BCUT2D eigenvalue weighted by Gasteiger charge is -2.25. The number of hydrogen-bond acceptors (Lipinski definition) is 3. The highest BCUT2D eigenvalue weighted by Gasteiger charge is 2.29. The van der Waals surface area contributed by atoms with E-state index in [0.29, 0.717) is 11.9 Å². The predicted octanol–water partition coefficient (Wildman–Crippen LogP) is 2.93. The van der Waals surface area contributed by atoms with Crippen molar-refractivity contribution in [2.75, 3.05) is 25.9 Å². The first-order valence-corrected chi connectivity index (χ1v) is 8.83. The van der Waals surface area contributed by atoms with E-state index in [4.69, 9.17) is 0 Å². The molecule has 5 heteroatoms. The summed E-state index contributed by atoms with van der Waals surface area (Å²) in [6.45, 7) is 4.46. The van der Waals surface area contributed by atoms with Gasteiger partial charge in [-0.2, -0.15) is 11.8 Å². The Kier molecular flexibility index (Phi) is 8.30. The average molecular weight is 321 g/mol. The average Bonchev–Trinajstić information content (AvgIpc) is 3.06. The van der Waals surface area contributed by atoms with Gasteiger partial charge in [0.1, 0.15) is 0 Å². The van der Waals surface area contributed by atoms with Gasteiger partial charge in [0.05, 0.1) is 0 Å². The summed E-state index contributed by atoms with van der Waals surface area (Å²) in [6.07, 6.45) is 6.74. The second kappa shape index (κ2) is 9.16. The van der Waals surface area contributed by atoms with E-state index in [1.165, 1.54) is 31.4 Å². The molecule has 3 nitrogen and oxygen atoms in total. The van der Waals surface area contributed by atoms with Crippen molar-refractivity contribution in [3.63, 3.8) is 0 Å². The van der Waals surface area contributed by atoms with Crippen LogP contribution in [0.15, 0.2) is 0 Å². The number of rotatable bonds is 6.